The minimum absolute atomic E-state index is 0.252. The van der Waals surface area contributed by atoms with Crippen LogP contribution in [0.3, 0.4) is 0 Å². The molecule has 1 heterocycles. The molecule has 2 aliphatic rings. The summed E-state index contributed by atoms with van der Waals surface area (Å²) >= 11 is 0. The quantitative estimate of drug-likeness (QED) is 0.298. The zero-order valence-corrected chi connectivity index (χ0v) is 24.5. The third-order valence-electron chi connectivity index (χ3n) is 8.00. The van der Waals surface area contributed by atoms with Crippen molar-refractivity contribution >= 4 is 21.3 Å². The average Bonchev–Trinajstić information content (AvgIpc) is 3.13. The van der Waals surface area contributed by atoms with Crippen LogP contribution >= 0.6 is 0 Å². The van der Waals surface area contributed by atoms with Gasteiger partial charge in [0, 0.05) is 24.0 Å². The van der Waals surface area contributed by atoms with E-state index in [4.69, 9.17) is 0 Å². The second kappa shape index (κ2) is 13.1. The summed E-state index contributed by atoms with van der Waals surface area (Å²) in [4.78, 5) is 2.53. The Labute approximate surface area is 246 Å². The predicted molar refractivity (Wildman–Crippen MR) is 159 cm³/mol. The summed E-state index contributed by atoms with van der Waals surface area (Å²) in [5.74, 6) is -0.395. The topological polar surface area (TPSA) is 74.2 Å². The van der Waals surface area contributed by atoms with Crippen molar-refractivity contribution in [2.75, 3.05) is 11.4 Å². The van der Waals surface area contributed by atoms with E-state index in [1.165, 1.54) is 23.3 Å². The number of aryl methyl sites for hydroxylation is 2. The van der Waals surface area contributed by atoms with Crippen molar-refractivity contribution in [3.05, 3.63) is 83.9 Å². The van der Waals surface area contributed by atoms with Crippen LogP contribution in [0.15, 0.2) is 82.1 Å². The van der Waals surface area contributed by atoms with Crippen molar-refractivity contribution in [2.45, 2.75) is 87.7 Å². The van der Waals surface area contributed by atoms with E-state index in [1.807, 2.05) is 31.2 Å². The lowest BCUT2D eigenvalue weighted by atomic mass is 9.89. The second-order valence-corrected chi connectivity index (χ2v) is 13.0. The normalized spacial score (nSPS) is 22.5. The predicted octanol–water partition coefficient (Wildman–Crippen LogP) is 7.33. The number of hydrogen-bond acceptors (Lipinski definition) is 5. The molecule has 1 aliphatic carbocycles. The van der Waals surface area contributed by atoms with Gasteiger partial charge >= 0.3 is 6.36 Å². The fourth-order valence-electron chi connectivity index (χ4n) is 6.02. The Hall–Kier alpha value is -3.08. The maximum absolute atomic E-state index is 14.4. The van der Waals surface area contributed by atoms with Gasteiger partial charge in [0.15, 0.2) is 0 Å². The summed E-state index contributed by atoms with van der Waals surface area (Å²) in [5.41, 5.74) is 4.58. The SMILES string of the molecule is CCCN=S(=O)(N[C@@H]1CCCCC[C@@H](N2c3ccccc3CCc3ccccc32)[C@H]1O)c1ccc(OC(F)(F)F)cc1. The van der Waals surface area contributed by atoms with Crippen LogP contribution in [-0.2, 0) is 22.8 Å². The van der Waals surface area contributed by atoms with Gasteiger partial charge in [-0.25, -0.2) is 13.3 Å². The van der Waals surface area contributed by atoms with Gasteiger partial charge in [0.25, 0.3) is 0 Å². The van der Waals surface area contributed by atoms with Crippen LogP contribution in [-0.4, -0.2) is 40.4 Å². The zero-order valence-electron chi connectivity index (χ0n) is 23.7. The molecule has 42 heavy (non-hydrogen) atoms. The fourth-order valence-corrected chi connectivity index (χ4v) is 7.99. The molecular weight excluding hydrogens is 563 g/mol. The highest BCUT2D eigenvalue weighted by Crippen LogP contribution is 2.40. The molecule has 0 radical (unpaired) electrons. The summed E-state index contributed by atoms with van der Waals surface area (Å²) in [6.07, 6.45) is 0.813. The smallest absolute Gasteiger partial charge is 0.406 e. The van der Waals surface area contributed by atoms with E-state index in [2.05, 4.69) is 43.0 Å². The first-order chi connectivity index (χ1) is 20.2. The summed E-state index contributed by atoms with van der Waals surface area (Å²) in [6.45, 7) is 2.21. The number of rotatable bonds is 7. The molecule has 1 fully saturated rings. The van der Waals surface area contributed by atoms with Crippen LogP contribution in [0.25, 0.3) is 0 Å². The van der Waals surface area contributed by atoms with Gasteiger partial charge < -0.3 is 14.7 Å². The Morgan fingerprint density at radius 3 is 2.12 bits per heavy atom. The van der Waals surface area contributed by atoms with Gasteiger partial charge in [-0.05, 0) is 79.6 Å². The highest BCUT2D eigenvalue weighted by molar-refractivity contribution is 7.91. The van der Waals surface area contributed by atoms with Crippen LogP contribution in [0.2, 0.25) is 0 Å². The molecule has 1 aliphatic heterocycles. The van der Waals surface area contributed by atoms with E-state index in [0.717, 1.165) is 62.0 Å². The van der Waals surface area contributed by atoms with E-state index >= 15 is 0 Å². The van der Waals surface area contributed by atoms with Crippen LogP contribution in [0.5, 0.6) is 5.75 Å². The minimum atomic E-state index is -4.82. The van der Waals surface area contributed by atoms with Gasteiger partial charge in [0.2, 0.25) is 0 Å². The van der Waals surface area contributed by atoms with Crippen LogP contribution in [0.1, 0.15) is 56.6 Å². The van der Waals surface area contributed by atoms with Gasteiger partial charge in [-0.15, -0.1) is 13.2 Å². The van der Waals surface area contributed by atoms with Gasteiger partial charge in [0.1, 0.15) is 15.7 Å². The van der Waals surface area contributed by atoms with E-state index < -0.39 is 34.2 Å². The summed E-state index contributed by atoms with van der Waals surface area (Å²) in [7, 11) is -3.27. The van der Waals surface area contributed by atoms with Crippen molar-refractivity contribution in [3.8, 4) is 5.75 Å². The number of hydrogen-bond donors (Lipinski definition) is 2. The maximum atomic E-state index is 14.4. The average molecular weight is 602 g/mol. The van der Waals surface area contributed by atoms with E-state index in [9.17, 15) is 22.5 Å². The van der Waals surface area contributed by atoms with Crippen LogP contribution < -0.4 is 14.4 Å². The summed E-state index contributed by atoms with van der Waals surface area (Å²) < 4.78 is 64.3. The van der Waals surface area contributed by atoms with Gasteiger partial charge in [-0.3, -0.25) is 0 Å². The molecule has 1 saturated carbocycles. The molecule has 0 amide bonds. The maximum Gasteiger partial charge on any atom is 0.573 e. The number of fused-ring (bicyclic) bond motifs is 2. The number of para-hydroxylation sites is 2. The highest BCUT2D eigenvalue weighted by Gasteiger charge is 2.38. The Morgan fingerprint density at radius 2 is 1.52 bits per heavy atom. The van der Waals surface area contributed by atoms with Crippen molar-refractivity contribution in [3.63, 3.8) is 0 Å². The second-order valence-electron chi connectivity index (χ2n) is 10.9. The zero-order chi connectivity index (χ0) is 29.7. The molecule has 10 heteroatoms. The molecule has 4 atom stereocenters. The molecule has 0 aromatic heterocycles. The van der Waals surface area contributed by atoms with Gasteiger partial charge in [-0.1, -0.05) is 62.6 Å². The Kier molecular flexibility index (Phi) is 9.44. The molecule has 0 spiro atoms. The largest absolute Gasteiger partial charge is 0.573 e. The molecule has 3 aromatic rings. The third kappa shape index (κ3) is 6.93. The fraction of sp³-hybridized carbons (Fsp3) is 0.438. The summed E-state index contributed by atoms with van der Waals surface area (Å²) in [5, 5.41) is 12.1. The first-order valence-corrected chi connectivity index (χ1v) is 16.2. The lowest BCUT2D eigenvalue weighted by Gasteiger charge is -2.42. The van der Waals surface area contributed by atoms with Crippen molar-refractivity contribution in [1.82, 2.24) is 4.72 Å². The molecule has 5 rings (SSSR count). The molecule has 0 bridgehead atoms. The van der Waals surface area contributed by atoms with Crippen molar-refractivity contribution < 1.29 is 27.2 Å². The highest BCUT2D eigenvalue weighted by atomic mass is 32.2. The lowest BCUT2D eigenvalue weighted by Crippen LogP contribution is -2.54. The molecule has 0 saturated heterocycles. The van der Waals surface area contributed by atoms with Crippen LogP contribution in [0, 0.1) is 0 Å². The van der Waals surface area contributed by atoms with Crippen molar-refractivity contribution in [2.24, 2.45) is 4.36 Å². The number of nitrogens with one attached hydrogen (secondary N) is 1. The molecule has 1 unspecified atom stereocenters. The number of nitrogens with zero attached hydrogens (tertiary/aromatic N) is 2. The van der Waals surface area contributed by atoms with E-state index in [-0.39, 0.29) is 10.9 Å². The Bertz CT molecular complexity index is 1420. The molecule has 2 N–H and O–H groups in total. The number of anilines is 2. The van der Waals surface area contributed by atoms with Crippen LogP contribution in [0.4, 0.5) is 24.5 Å². The van der Waals surface area contributed by atoms with E-state index in [0.29, 0.717) is 19.4 Å². The minimum Gasteiger partial charge on any atom is -0.406 e. The Balaban J connectivity index is 1.51. The summed E-state index contributed by atoms with van der Waals surface area (Å²) in [6, 6.07) is 20.8. The molecule has 6 nitrogen and oxygen atoms in total. The first kappa shape index (κ1) is 30.4. The van der Waals surface area contributed by atoms with Gasteiger partial charge in [0.05, 0.1) is 17.0 Å². The standard InChI is InChI=1S/C32H38F3N3O3S/c1-2-22-36-42(40,26-20-18-25(19-21-26)41-32(33,34)35)37-27-12-4-3-5-15-30(31(27)39)38-28-13-8-6-10-23(28)16-17-24-11-7-9-14-29(24)38/h6-11,13-14,18-21,27,30-31,39H,2-5,12,15-17,22H2,1H3,(H,36,37,40)/t27-,30-,31+,42?/m1/s1. The number of halogens is 3. The monoisotopic (exact) mass is 601 g/mol. The number of aliphatic hydroxyl groups is 1. The number of alkyl halides is 3. The first-order valence-electron chi connectivity index (χ1n) is 14.7. The molecular formula is C32H38F3N3O3S. The molecule has 226 valence electrons. The third-order valence-corrected chi connectivity index (χ3v) is 10.1. The Morgan fingerprint density at radius 1 is 0.929 bits per heavy atom. The number of benzene rings is 3. The number of aliphatic hydroxyl groups excluding tert-OH is 1. The molecule has 3 aromatic carbocycles. The van der Waals surface area contributed by atoms with Crippen molar-refractivity contribution in [1.29, 1.82) is 0 Å². The number of ether oxygens (including phenoxy) is 1. The van der Waals surface area contributed by atoms with E-state index in [1.54, 1.807) is 0 Å². The lowest BCUT2D eigenvalue weighted by molar-refractivity contribution is -0.274. The van der Waals surface area contributed by atoms with Gasteiger partial charge in [-0.2, -0.15) is 0 Å².